The molecule has 0 aliphatic rings. The maximum Gasteiger partial charge on any atom is 0.319 e. The summed E-state index contributed by atoms with van der Waals surface area (Å²) in [7, 11) is 1.63. The number of nitriles is 1. The van der Waals surface area contributed by atoms with Crippen molar-refractivity contribution in [2.24, 2.45) is 0 Å². The van der Waals surface area contributed by atoms with Gasteiger partial charge in [0.05, 0.1) is 12.5 Å². The Labute approximate surface area is 153 Å². The number of carbonyl (C=O) groups excluding carboxylic acids is 1. The average molecular weight is 353 g/mol. The number of anilines is 1. The van der Waals surface area contributed by atoms with E-state index in [-0.39, 0.29) is 6.03 Å². The van der Waals surface area contributed by atoms with Crippen molar-refractivity contribution in [3.8, 4) is 11.8 Å². The van der Waals surface area contributed by atoms with E-state index in [0.29, 0.717) is 31.9 Å². The molecular weight excluding hydrogens is 330 g/mol. The molecule has 6 nitrogen and oxygen atoms in total. The number of benzene rings is 2. The second kappa shape index (κ2) is 10.7. The second-order valence-electron chi connectivity index (χ2n) is 5.70. The van der Waals surface area contributed by atoms with E-state index >= 15 is 0 Å². The van der Waals surface area contributed by atoms with Crippen molar-refractivity contribution in [3.05, 3.63) is 59.7 Å². The van der Waals surface area contributed by atoms with Crippen molar-refractivity contribution in [2.75, 3.05) is 25.6 Å². The molecular formula is C20H23N3O3. The number of methoxy groups -OCH3 is 1. The van der Waals surface area contributed by atoms with Gasteiger partial charge in [0.1, 0.15) is 12.4 Å². The van der Waals surface area contributed by atoms with E-state index in [1.807, 2.05) is 48.5 Å². The lowest BCUT2D eigenvalue weighted by atomic mass is 10.1. The van der Waals surface area contributed by atoms with Gasteiger partial charge in [0.2, 0.25) is 0 Å². The van der Waals surface area contributed by atoms with Crippen molar-refractivity contribution >= 4 is 11.7 Å². The van der Waals surface area contributed by atoms with Gasteiger partial charge in [-0.15, -0.1) is 0 Å². The predicted molar refractivity (Wildman–Crippen MR) is 100 cm³/mol. The van der Waals surface area contributed by atoms with Gasteiger partial charge in [-0.3, -0.25) is 0 Å². The van der Waals surface area contributed by atoms with Crippen molar-refractivity contribution in [1.29, 1.82) is 5.26 Å². The summed E-state index contributed by atoms with van der Waals surface area (Å²) in [6.45, 7) is 1.57. The van der Waals surface area contributed by atoms with E-state index in [1.54, 1.807) is 7.11 Å². The molecule has 0 aliphatic carbocycles. The Morgan fingerprint density at radius 1 is 1.15 bits per heavy atom. The standard InChI is InChI=1S/C20H23N3O3/c1-25-13-3-12-22-20(24)23-18-5-2-4-17(14-18)15-26-19-8-6-16(7-9-19)10-11-21/h2,4-9,14H,3,10,12-13,15H2,1H3,(H2,22,23,24). The van der Waals surface area contributed by atoms with Gasteiger partial charge in [0.25, 0.3) is 0 Å². The van der Waals surface area contributed by atoms with Crippen LogP contribution in [0.4, 0.5) is 10.5 Å². The Morgan fingerprint density at radius 2 is 1.96 bits per heavy atom. The van der Waals surface area contributed by atoms with Gasteiger partial charge in [-0.25, -0.2) is 4.79 Å². The first kappa shape index (κ1) is 19.3. The van der Waals surface area contributed by atoms with Crippen LogP contribution in [0.5, 0.6) is 5.75 Å². The molecule has 0 unspecified atom stereocenters. The van der Waals surface area contributed by atoms with E-state index < -0.39 is 0 Å². The van der Waals surface area contributed by atoms with E-state index in [1.165, 1.54) is 0 Å². The molecule has 0 radical (unpaired) electrons. The summed E-state index contributed by atoms with van der Waals surface area (Å²) >= 11 is 0. The van der Waals surface area contributed by atoms with Gasteiger partial charge >= 0.3 is 6.03 Å². The smallest absolute Gasteiger partial charge is 0.319 e. The van der Waals surface area contributed by atoms with Crippen LogP contribution in [0.3, 0.4) is 0 Å². The van der Waals surface area contributed by atoms with Crippen LogP contribution in [0.25, 0.3) is 0 Å². The number of carbonyl (C=O) groups is 1. The third kappa shape index (κ3) is 6.83. The van der Waals surface area contributed by atoms with Crippen LogP contribution in [-0.2, 0) is 17.8 Å². The van der Waals surface area contributed by atoms with Crippen LogP contribution >= 0.6 is 0 Å². The predicted octanol–water partition coefficient (Wildman–Crippen LogP) is 3.49. The molecule has 2 aromatic rings. The van der Waals surface area contributed by atoms with Crippen LogP contribution in [0.2, 0.25) is 0 Å². The summed E-state index contributed by atoms with van der Waals surface area (Å²) in [5, 5.41) is 14.3. The van der Waals surface area contributed by atoms with Gasteiger partial charge in [-0.1, -0.05) is 24.3 Å². The number of urea groups is 1. The number of amides is 2. The fourth-order valence-corrected chi connectivity index (χ4v) is 2.29. The van der Waals surface area contributed by atoms with Crippen molar-refractivity contribution in [1.82, 2.24) is 5.32 Å². The molecule has 0 saturated heterocycles. The summed E-state index contributed by atoms with van der Waals surface area (Å²) in [6, 6.07) is 16.8. The number of ether oxygens (including phenoxy) is 2. The van der Waals surface area contributed by atoms with Crippen LogP contribution in [0.15, 0.2) is 48.5 Å². The normalized spacial score (nSPS) is 10.0. The van der Waals surface area contributed by atoms with E-state index in [9.17, 15) is 4.79 Å². The first-order valence-corrected chi connectivity index (χ1v) is 8.42. The molecule has 2 amide bonds. The molecule has 0 aliphatic heterocycles. The third-order valence-corrected chi connectivity index (χ3v) is 3.61. The lowest BCUT2D eigenvalue weighted by Crippen LogP contribution is -2.30. The van der Waals surface area contributed by atoms with Crippen molar-refractivity contribution in [2.45, 2.75) is 19.4 Å². The van der Waals surface area contributed by atoms with Crippen LogP contribution in [0.1, 0.15) is 17.5 Å². The molecule has 0 heterocycles. The highest BCUT2D eigenvalue weighted by Crippen LogP contribution is 2.16. The van der Waals surface area contributed by atoms with E-state index in [0.717, 1.165) is 23.3 Å². The minimum absolute atomic E-state index is 0.243. The molecule has 0 aromatic heterocycles. The van der Waals surface area contributed by atoms with Gasteiger partial charge in [-0.2, -0.15) is 5.26 Å². The molecule has 0 spiro atoms. The largest absolute Gasteiger partial charge is 0.489 e. The fraction of sp³-hybridized carbons (Fsp3) is 0.300. The Morgan fingerprint density at radius 3 is 2.69 bits per heavy atom. The summed E-state index contributed by atoms with van der Waals surface area (Å²) in [6.07, 6.45) is 1.16. The molecule has 0 bridgehead atoms. The molecule has 0 saturated carbocycles. The van der Waals surface area contributed by atoms with Crippen molar-refractivity contribution in [3.63, 3.8) is 0 Å². The van der Waals surface area contributed by atoms with Gasteiger partial charge in [0.15, 0.2) is 0 Å². The van der Waals surface area contributed by atoms with Gasteiger partial charge in [-0.05, 0) is 41.8 Å². The molecule has 0 atom stereocenters. The zero-order chi connectivity index (χ0) is 18.6. The molecule has 136 valence electrons. The molecule has 6 heteroatoms. The highest BCUT2D eigenvalue weighted by atomic mass is 16.5. The maximum atomic E-state index is 11.8. The van der Waals surface area contributed by atoms with Crippen LogP contribution in [-0.4, -0.2) is 26.3 Å². The van der Waals surface area contributed by atoms with E-state index in [2.05, 4.69) is 16.7 Å². The zero-order valence-corrected chi connectivity index (χ0v) is 14.8. The lowest BCUT2D eigenvalue weighted by Gasteiger charge is -2.10. The Bertz CT molecular complexity index is 739. The fourth-order valence-electron chi connectivity index (χ4n) is 2.29. The van der Waals surface area contributed by atoms with Gasteiger partial charge in [0, 0.05) is 25.9 Å². The SMILES string of the molecule is COCCCNC(=O)Nc1cccc(COc2ccc(CC#N)cc2)c1. The summed E-state index contributed by atoms with van der Waals surface area (Å²) in [5.41, 5.74) is 2.62. The summed E-state index contributed by atoms with van der Waals surface area (Å²) in [4.78, 5) is 11.8. The Kier molecular flexibility index (Phi) is 7.97. The van der Waals surface area contributed by atoms with Crippen LogP contribution in [0, 0.1) is 11.3 Å². The first-order chi connectivity index (χ1) is 12.7. The van der Waals surface area contributed by atoms with E-state index in [4.69, 9.17) is 14.7 Å². The number of nitrogens with one attached hydrogen (secondary N) is 2. The Hall–Kier alpha value is -3.04. The Balaban J connectivity index is 1.82. The maximum absolute atomic E-state index is 11.8. The second-order valence-corrected chi connectivity index (χ2v) is 5.70. The molecule has 2 N–H and O–H groups in total. The van der Waals surface area contributed by atoms with Crippen LogP contribution < -0.4 is 15.4 Å². The first-order valence-electron chi connectivity index (χ1n) is 8.42. The minimum atomic E-state index is -0.243. The lowest BCUT2D eigenvalue weighted by molar-refractivity contribution is 0.194. The quantitative estimate of drug-likeness (QED) is 0.676. The number of hydrogen-bond donors (Lipinski definition) is 2. The monoisotopic (exact) mass is 353 g/mol. The van der Waals surface area contributed by atoms with Crippen molar-refractivity contribution < 1.29 is 14.3 Å². The number of nitrogens with zero attached hydrogens (tertiary/aromatic N) is 1. The molecule has 0 fully saturated rings. The average Bonchev–Trinajstić information content (AvgIpc) is 2.65. The minimum Gasteiger partial charge on any atom is -0.489 e. The number of hydrogen-bond acceptors (Lipinski definition) is 4. The highest BCUT2D eigenvalue weighted by Gasteiger charge is 2.03. The molecule has 2 aromatic carbocycles. The zero-order valence-electron chi connectivity index (χ0n) is 14.8. The summed E-state index contributed by atoms with van der Waals surface area (Å²) < 4.78 is 10.7. The summed E-state index contributed by atoms with van der Waals surface area (Å²) in [5.74, 6) is 0.737. The number of rotatable bonds is 9. The third-order valence-electron chi connectivity index (χ3n) is 3.61. The topological polar surface area (TPSA) is 83.4 Å². The molecule has 26 heavy (non-hydrogen) atoms. The van der Waals surface area contributed by atoms with Gasteiger partial charge < -0.3 is 20.1 Å². The highest BCUT2D eigenvalue weighted by molar-refractivity contribution is 5.89. The molecule has 2 rings (SSSR count).